The van der Waals surface area contributed by atoms with Gasteiger partial charge in [-0.3, -0.25) is 4.79 Å². The number of hydrogen-bond donors (Lipinski definition) is 1. The van der Waals surface area contributed by atoms with Gasteiger partial charge in [0.2, 0.25) is 0 Å². The number of carbonyl (C=O) groups is 1. The second-order valence-electron chi connectivity index (χ2n) is 8.25. The van der Waals surface area contributed by atoms with Crippen molar-refractivity contribution in [3.8, 4) is 11.5 Å². The molecule has 1 N–H and O–H groups in total. The Morgan fingerprint density at radius 2 is 1.53 bits per heavy atom. The smallest absolute Gasteiger partial charge is 0.271 e. The molecule has 0 atom stereocenters. The number of benzene rings is 3. The number of hydrazone groups is 1. The molecule has 0 heterocycles. The molecule has 0 saturated carbocycles. The largest absolute Gasteiger partial charge is 0.490 e. The Kier molecular flexibility index (Phi) is 7.90. The van der Waals surface area contributed by atoms with Crippen LogP contribution in [0.1, 0.15) is 42.3 Å². The number of nitrogens with zero attached hydrogens (tertiary/aromatic N) is 1. The van der Waals surface area contributed by atoms with Crippen LogP contribution in [0.15, 0.2) is 77.9 Å². The predicted octanol–water partition coefficient (Wildman–Crippen LogP) is 5.86. The van der Waals surface area contributed by atoms with Gasteiger partial charge in [0.05, 0.1) is 6.21 Å². The fourth-order valence-electron chi connectivity index (χ4n) is 2.88. The molecule has 0 aliphatic rings. The van der Waals surface area contributed by atoms with Crippen molar-refractivity contribution in [1.29, 1.82) is 0 Å². The van der Waals surface area contributed by atoms with Crippen LogP contribution in [0.2, 0.25) is 5.02 Å². The van der Waals surface area contributed by atoms with Gasteiger partial charge < -0.3 is 9.47 Å². The summed E-state index contributed by atoms with van der Waals surface area (Å²) in [5.41, 5.74) is 5.16. The standard InChI is InChI=1S/C26H27ClN2O3/c1-26(2,3)21-9-13-24(14-10-21)32-16-15-31-23-11-7-19(8-12-23)18-28-29-25(30)20-5-4-6-22(27)17-20/h4-14,17-18H,15-16H2,1-3H3,(H,29,30)/b28-18-. The Hall–Kier alpha value is -3.31. The van der Waals surface area contributed by atoms with Gasteiger partial charge in [-0.15, -0.1) is 0 Å². The zero-order chi connectivity index (χ0) is 23.0. The van der Waals surface area contributed by atoms with Crippen molar-refractivity contribution in [1.82, 2.24) is 5.43 Å². The molecule has 0 fully saturated rings. The first-order chi connectivity index (χ1) is 15.3. The van der Waals surface area contributed by atoms with Gasteiger partial charge in [-0.05, 0) is 71.1 Å². The molecule has 0 saturated heterocycles. The fourth-order valence-corrected chi connectivity index (χ4v) is 3.07. The van der Waals surface area contributed by atoms with E-state index in [1.165, 1.54) is 5.56 Å². The maximum absolute atomic E-state index is 12.0. The summed E-state index contributed by atoms with van der Waals surface area (Å²) in [4.78, 5) is 12.0. The number of hydrogen-bond acceptors (Lipinski definition) is 4. The molecule has 0 unspecified atom stereocenters. The normalized spacial score (nSPS) is 11.4. The molecule has 3 aromatic rings. The van der Waals surface area contributed by atoms with Crippen LogP contribution in [0.5, 0.6) is 11.5 Å². The first-order valence-corrected chi connectivity index (χ1v) is 10.7. The quantitative estimate of drug-likeness (QED) is 0.265. The topological polar surface area (TPSA) is 59.9 Å². The third-order valence-corrected chi connectivity index (χ3v) is 4.92. The van der Waals surface area contributed by atoms with Gasteiger partial charge in [0.15, 0.2) is 0 Å². The van der Waals surface area contributed by atoms with Gasteiger partial charge in [-0.1, -0.05) is 50.6 Å². The zero-order valence-electron chi connectivity index (χ0n) is 18.5. The molecule has 0 radical (unpaired) electrons. The first kappa shape index (κ1) is 23.4. The number of ether oxygens (including phenoxy) is 2. The molecular formula is C26H27ClN2O3. The van der Waals surface area contributed by atoms with E-state index >= 15 is 0 Å². The van der Waals surface area contributed by atoms with Gasteiger partial charge in [0.1, 0.15) is 24.7 Å². The van der Waals surface area contributed by atoms with E-state index in [9.17, 15) is 4.79 Å². The average molecular weight is 451 g/mol. The summed E-state index contributed by atoms with van der Waals surface area (Å²) >= 11 is 5.89. The zero-order valence-corrected chi connectivity index (χ0v) is 19.2. The molecular weight excluding hydrogens is 424 g/mol. The van der Waals surface area contributed by atoms with E-state index in [1.54, 1.807) is 30.5 Å². The van der Waals surface area contributed by atoms with Crippen LogP contribution in [0.25, 0.3) is 0 Å². The van der Waals surface area contributed by atoms with Gasteiger partial charge in [-0.2, -0.15) is 5.10 Å². The van der Waals surface area contributed by atoms with Crippen LogP contribution in [-0.2, 0) is 5.41 Å². The Morgan fingerprint density at radius 1 is 0.938 bits per heavy atom. The van der Waals surface area contributed by atoms with E-state index in [0.717, 1.165) is 17.1 Å². The van der Waals surface area contributed by atoms with E-state index in [2.05, 4.69) is 43.4 Å². The molecule has 32 heavy (non-hydrogen) atoms. The number of amides is 1. The van der Waals surface area contributed by atoms with Crippen LogP contribution in [0.3, 0.4) is 0 Å². The molecule has 0 spiro atoms. The summed E-state index contributed by atoms with van der Waals surface area (Å²) in [6.45, 7) is 7.44. The second kappa shape index (κ2) is 10.8. The average Bonchev–Trinajstić information content (AvgIpc) is 2.77. The Bertz CT molecular complexity index is 1060. The Morgan fingerprint density at radius 3 is 2.09 bits per heavy atom. The highest BCUT2D eigenvalue weighted by Crippen LogP contribution is 2.24. The summed E-state index contributed by atoms with van der Waals surface area (Å²) in [7, 11) is 0. The van der Waals surface area contributed by atoms with Crippen molar-refractivity contribution in [2.45, 2.75) is 26.2 Å². The van der Waals surface area contributed by atoms with E-state index in [-0.39, 0.29) is 11.3 Å². The molecule has 3 rings (SSSR count). The fraction of sp³-hybridized carbons (Fsp3) is 0.231. The summed E-state index contributed by atoms with van der Waals surface area (Å²) in [5.74, 6) is 1.24. The SMILES string of the molecule is CC(C)(C)c1ccc(OCCOc2ccc(/C=N\NC(=O)c3cccc(Cl)c3)cc2)cc1. The summed E-state index contributed by atoms with van der Waals surface area (Å²) < 4.78 is 11.5. The van der Waals surface area contributed by atoms with E-state index in [4.69, 9.17) is 21.1 Å². The monoisotopic (exact) mass is 450 g/mol. The minimum Gasteiger partial charge on any atom is -0.490 e. The van der Waals surface area contributed by atoms with Crippen molar-refractivity contribution in [2.24, 2.45) is 5.10 Å². The van der Waals surface area contributed by atoms with Gasteiger partial charge in [-0.25, -0.2) is 5.43 Å². The number of rotatable bonds is 8. The third-order valence-electron chi connectivity index (χ3n) is 4.69. The molecule has 0 aromatic heterocycles. The van der Waals surface area contributed by atoms with Gasteiger partial charge in [0, 0.05) is 10.6 Å². The van der Waals surface area contributed by atoms with Gasteiger partial charge in [0.25, 0.3) is 5.91 Å². The van der Waals surface area contributed by atoms with Gasteiger partial charge >= 0.3 is 0 Å². The molecule has 5 nitrogen and oxygen atoms in total. The van der Waals surface area contributed by atoms with Crippen LogP contribution in [0.4, 0.5) is 0 Å². The summed E-state index contributed by atoms with van der Waals surface area (Å²) in [6, 6.07) is 22.2. The van der Waals surface area contributed by atoms with Crippen LogP contribution in [0, 0.1) is 0 Å². The van der Waals surface area contributed by atoms with Crippen molar-refractivity contribution in [3.05, 3.63) is 94.5 Å². The molecule has 0 bridgehead atoms. The maximum Gasteiger partial charge on any atom is 0.271 e. The lowest BCUT2D eigenvalue weighted by molar-refractivity contribution is 0.0955. The highest BCUT2D eigenvalue weighted by Gasteiger charge is 2.12. The highest BCUT2D eigenvalue weighted by atomic mass is 35.5. The predicted molar refractivity (Wildman–Crippen MR) is 129 cm³/mol. The molecule has 0 aliphatic carbocycles. The van der Waals surface area contributed by atoms with Crippen molar-refractivity contribution in [3.63, 3.8) is 0 Å². The van der Waals surface area contributed by atoms with Crippen LogP contribution < -0.4 is 14.9 Å². The lowest BCUT2D eigenvalue weighted by Gasteiger charge is -2.19. The third kappa shape index (κ3) is 7.13. The van der Waals surface area contributed by atoms with Crippen molar-refractivity contribution < 1.29 is 14.3 Å². The van der Waals surface area contributed by atoms with Crippen molar-refractivity contribution >= 4 is 23.7 Å². The number of carbonyl (C=O) groups excluding carboxylic acids is 1. The van der Waals surface area contributed by atoms with Crippen molar-refractivity contribution in [2.75, 3.05) is 13.2 Å². The molecule has 0 aliphatic heterocycles. The number of nitrogens with one attached hydrogen (secondary N) is 1. The maximum atomic E-state index is 12.0. The second-order valence-corrected chi connectivity index (χ2v) is 8.69. The van der Waals surface area contributed by atoms with E-state index < -0.39 is 0 Å². The minimum absolute atomic E-state index is 0.125. The lowest BCUT2D eigenvalue weighted by Crippen LogP contribution is -2.17. The minimum atomic E-state index is -0.322. The molecule has 6 heteroatoms. The highest BCUT2D eigenvalue weighted by molar-refractivity contribution is 6.30. The molecule has 1 amide bonds. The molecule has 3 aromatic carbocycles. The van der Waals surface area contributed by atoms with Crippen LogP contribution >= 0.6 is 11.6 Å². The Balaban J connectivity index is 1.40. The number of halogens is 1. The lowest BCUT2D eigenvalue weighted by atomic mass is 9.87. The van der Waals surface area contributed by atoms with E-state index in [0.29, 0.717) is 23.8 Å². The molecule has 166 valence electrons. The first-order valence-electron chi connectivity index (χ1n) is 10.4. The van der Waals surface area contributed by atoms with Crippen LogP contribution in [-0.4, -0.2) is 25.3 Å². The van der Waals surface area contributed by atoms with E-state index in [1.807, 2.05) is 36.4 Å². The Labute approximate surface area is 194 Å². The summed E-state index contributed by atoms with van der Waals surface area (Å²) in [5, 5.41) is 4.48. The summed E-state index contributed by atoms with van der Waals surface area (Å²) in [6.07, 6.45) is 1.57.